The van der Waals surface area contributed by atoms with Crippen molar-refractivity contribution in [3.8, 4) is 61.5 Å². The first-order chi connectivity index (χ1) is 33.5. The summed E-state index contributed by atoms with van der Waals surface area (Å²) in [6.45, 7) is 4.79. The zero-order valence-electron chi connectivity index (χ0n) is 38.0. The van der Waals surface area contributed by atoms with E-state index in [0.717, 1.165) is 5.69 Å². The molecule has 0 radical (unpaired) electrons. The lowest BCUT2D eigenvalue weighted by molar-refractivity contribution is 0.660. The van der Waals surface area contributed by atoms with Crippen LogP contribution >= 0.6 is 0 Å². The number of hydrogen-bond donors (Lipinski definition) is 0. The lowest BCUT2D eigenvalue weighted by Crippen LogP contribution is -2.15. The van der Waals surface area contributed by atoms with Crippen molar-refractivity contribution >= 4 is 64.8 Å². The Morgan fingerprint density at radius 2 is 0.868 bits per heavy atom. The van der Waals surface area contributed by atoms with E-state index in [1.807, 2.05) is 0 Å². The molecule has 318 valence electrons. The third-order valence-corrected chi connectivity index (χ3v) is 15.1. The second-order valence-corrected chi connectivity index (χ2v) is 19.2. The number of nitrogens with zero attached hydrogens (tertiary/aromatic N) is 1. The molecule has 14 rings (SSSR count). The van der Waals surface area contributed by atoms with Gasteiger partial charge in [-0.05, 0) is 135 Å². The summed E-state index contributed by atoms with van der Waals surface area (Å²) in [5, 5.41) is 13.8. The number of hydrogen-bond acceptors (Lipinski definition) is 0. The van der Waals surface area contributed by atoms with Crippen LogP contribution < -0.4 is 0 Å². The normalized spacial score (nSPS) is 13.0. The van der Waals surface area contributed by atoms with Crippen LogP contribution in [0.5, 0.6) is 0 Å². The van der Waals surface area contributed by atoms with Crippen molar-refractivity contribution < 1.29 is 0 Å². The fraction of sp³-hybridized carbons (Fsp3) is 0.0448. The smallest absolute Gasteiger partial charge is 0.0626 e. The summed E-state index contributed by atoms with van der Waals surface area (Å²) in [6, 6.07) is 88.4. The van der Waals surface area contributed by atoms with Gasteiger partial charge in [-0.3, -0.25) is 0 Å². The largest absolute Gasteiger partial charge is 0.308 e. The Morgan fingerprint density at radius 3 is 1.59 bits per heavy atom. The van der Waals surface area contributed by atoms with Crippen LogP contribution in [0.4, 0.5) is 0 Å². The van der Waals surface area contributed by atoms with Crippen LogP contribution in [0.2, 0.25) is 0 Å². The monoisotopic (exact) mass is 863 g/mol. The van der Waals surface area contributed by atoms with Crippen molar-refractivity contribution in [2.75, 3.05) is 0 Å². The Kier molecular flexibility index (Phi) is 8.40. The van der Waals surface area contributed by atoms with Crippen LogP contribution in [-0.4, -0.2) is 4.57 Å². The van der Waals surface area contributed by atoms with Crippen molar-refractivity contribution in [1.82, 2.24) is 4.57 Å². The molecule has 0 unspecified atom stereocenters. The molecule has 0 aliphatic heterocycles. The molecule has 0 saturated heterocycles. The highest BCUT2D eigenvalue weighted by atomic mass is 15.0. The topological polar surface area (TPSA) is 4.93 Å². The van der Waals surface area contributed by atoms with Gasteiger partial charge in [0.05, 0.1) is 11.2 Å². The molecule has 0 fully saturated rings. The maximum absolute atomic E-state index is 2.61. The molecule has 0 bridgehead atoms. The van der Waals surface area contributed by atoms with Gasteiger partial charge in [0.1, 0.15) is 0 Å². The van der Waals surface area contributed by atoms with Gasteiger partial charge in [0.2, 0.25) is 0 Å². The van der Waals surface area contributed by atoms with Crippen LogP contribution in [0.3, 0.4) is 0 Å². The summed E-state index contributed by atoms with van der Waals surface area (Å²) in [7, 11) is 0. The van der Waals surface area contributed by atoms with Crippen LogP contribution in [0.15, 0.2) is 237 Å². The lowest BCUT2D eigenvalue weighted by atomic mass is 9.81. The van der Waals surface area contributed by atoms with Crippen molar-refractivity contribution in [3.05, 3.63) is 248 Å². The average Bonchev–Trinajstić information content (AvgIpc) is 3.87. The number of rotatable bonds is 5. The third-order valence-electron chi connectivity index (χ3n) is 15.1. The number of benzene rings is 12. The molecule has 0 atom stereocenters. The van der Waals surface area contributed by atoms with Crippen LogP contribution in [-0.2, 0) is 5.41 Å². The fourth-order valence-corrected chi connectivity index (χ4v) is 11.9. The minimum atomic E-state index is -0.184. The molecule has 1 nitrogen and oxygen atoms in total. The number of aromatic nitrogens is 1. The van der Waals surface area contributed by atoms with E-state index in [-0.39, 0.29) is 5.41 Å². The predicted octanol–water partition coefficient (Wildman–Crippen LogP) is 18.4. The summed E-state index contributed by atoms with van der Waals surface area (Å²) < 4.78 is 2.61. The third kappa shape index (κ3) is 5.69. The first kappa shape index (κ1) is 38.7. The Hall–Kier alpha value is -8.52. The van der Waals surface area contributed by atoms with Crippen LogP contribution in [0.1, 0.15) is 25.0 Å². The van der Waals surface area contributed by atoms with Gasteiger partial charge >= 0.3 is 0 Å². The molecule has 0 spiro atoms. The van der Waals surface area contributed by atoms with Crippen LogP contribution in [0.25, 0.3) is 126 Å². The quantitative estimate of drug-likeness (QED) is 0.152. The maximum atomic E-state index is 2.61. The van der Waals surface area contributed by atoms with Gasteiger partial charge in [0.25, 0.3) is 0 Å². The Morgan fingerprint density at radius 1 is 0.309 bits per heavy atom. The van der Waals surface area contributed by atoms with Gasteiger partial charge in [-0.15, -0.1) is 0 Å². The van der Waals surface area contributed by atoms with Crippen molar-refractivity contribution in [3.63, 3.8) is 0 Å². The van der Waals surface area contributed by atoms with E-state index in [9.17, 15) is 0 Å². The van der Waals surface area contributed by atoms with Gasteiger partial charge in [0, 0.05) is 32.8 Å². The molecule has 1 aromatic heterocycles. The van der Waals surface area contributed by atoms with Gasteiger partial charge in [-0.25, -0.2) is 0 Å². The first-order valence-electron chi connectivity index (χ1n) is 23.8. The molecule has 12 aromatic carbocycles. The zero-order chi connectivity index (χ0) is 45.1. The van der Waals surface area contributed by atoms with Gasteiger partial charge in [0.15, 0.2) is 0 Å². The van der Waals surface area contributed by atoms with Gasteiger partial charge in [-0.2, -0.15) is 0 Å². The average molecular weight is 864 g/mol. The van der Waals surface area contributed by atoms with E-state index >= 15 is 0 Å². The molecule has 0 N–H and O–H groups in total. The van der Waals surface area contributed by atoms with E-state index < -0.39 is 0 Å². The van der Waals surface area contributed by atoms with E-state index in [4.69, 9.17) is 0 Å². The fourth-order valence-electron chi connectivity index (χ4n) is 11.9. The highest BCUT2D eigenvalue weighted by molar-refractivity contribution is 6.36. The molecule has 0 amide bonds. The summed E-state index contributed by atoms with van der Waals surface area (Å²) in [4.78, 5) is 0. The summed E-state index contributed by atoms with van der Waals surface area (Å²) >= 11 is 0. The highest BCUT2D eigenvalue weighted by Gasteiger charge is 2.36. The van der Waals surface area contributed by atoms with Crippen molar-refractivity contribution in [2.24, 2.45) is 0 Å². The molecule has 1 aliphatic rings. The first-order valence-corrected chi connectivity index (χ1v) is 23.8. The molecule has 68 heavy (non-hydrogen) atoms. The lowest BCUT2D eigenvalue weighted by Gasteiger charge is -2.22. The standard InChI is InChI=1S/C67H45N/c1-67(2)60-36-34-51(40-58(60)54-35-33-49(39-61(54)67)48-31-29-42-17-9-11-23-46(42)37-48)68-65(45-21-7-4-8-22-45)62(44-19-5-3-6-20-44)64-63-55-27-15-13-25-52(55)57(50-32-30-43-18-10-12-24-47(43)38-50)41-59(63)53-26-14-16-28-56(53)66(64)68/h3-41H,1-2H3. The summed E-state index contributed by atoms with van der Waals surface area (Å²) in [5.41, 5.74) is 17.3. The minimum Gasteiger partial charge on any atom is -0.308 e. The molecule has 1 heteroatoms. The van der Waals surface area contributed by atoms with Crippen molar-refractivity contribution in [2.45, 2.75) is 19.3 Å². The molecule has 0 saturated carbocycles. The zero-order valence-corrected chi connectivity index (χ0v) is 38.0. The highest BCUT2D eigenvalue weighted by Crippen LogP contribution is 2.54. The molecule has 13 aromatic rings. The van der Waals surface area contributed by atoms with Gasteiger partial charge in [-0.1, -0.05) is 214 Å². The number of fused-ring (bicyclic) bond motifs is 13. The summed E-state index contributed by atoms with van der Waals surface area (Å²) in [6.07, 6.45) is 0. The molecule has 1 aliphatic carbocycles. The maximum Gasteiger partial charge on any atom is 0.0626 e. The summed E-state index contributed by atoms with van der Waals surface area (Å²) in [5.74, 6) is 0. The molecule has 1 heterocycles. The van der Waals surface area contributed by atoms with Crippen molar-refractivity contribution in [1.29, 1.82) is 0 Å². The van der Waals surface area contributed by atoms with E-state index in [1.54, 1.807) is 0 Å². The Balaban J connectivity index is 1.09. The Bertz CT molecular complexity index is 4210. The second kappa shape index (κ2) is 14.7. The second-order valence-electron chi connectivity index (χ2n) is 19.2. The van der Waals surface area contributed by atoms with E-state index in [0.29, 0.717) is 0 Å². The molecular formula is C67H45N. The van der Waals surface area contributed by atoms with Crippen LogP contribution in [0, 0.1) is 0 Å². The molecular weight excluding hydrogens is 819 g/mol. The van der Waals surface area contributed by atoms with E-state index in [2.05, 4.69) is 255 Å². The SMILES string of the molecule is CC1(C)c2ccc(-n3c(-c4ccccc4)c(-c4ccccc4)c4c5c6ccccc6c(-c6ccc7ccccc7c6)cc5c5ccccc5c43)cc2-c2ccc(-c3ccc4ccccc4c3)cc21. The van der Waals surface area contributed by atoms with Gasteiger partial charge < -0.3 is 4.57 Å². The minimum absolute atomic E-state index is 0.184. The Labute approximate surface area is 395 Å². The van der Waals surface area contributed by atoms with E-state index in [1.165, 1.54) is 132 Å². The predicted molar refractivity (Wildman–Crippen MR) is 290 cm³/mol.